The number of benzene rings is 1. The van der Waals surface area contributed by atoms with Crippen molar-refractivity contribution < 1.29 is 0 Å². The topological polar surface area (TPSA) is 75.7 Å². The van der Waals surface area contributed by atoms with Crippen molar-refractivity contribution in [3.05, 3.63) is 47.3 Å². The molecule has 0 atom stereocenters. The minimum absolute atomic E-state index is 0.0356. The van der Waals surface area contributed by atoms with E-state index < -0.39 is 0 Å². The molecule has 3 N–H and O–H groups in total. The molecular weight excluding hydrogens is 244 g/mol. The lowest BCUT2D eigenvalue weighted by atomic mass is 10.2. The number of nitrogens with two attached hydrogens (primary N) is 1. The number of hydrogen-bond donors (Lipinski definition) is 2. The van der Waals surface area contributed by atoms with Crippen molar-refractivity contribution in [2.45, 2.75) is 23.9 Å². The molecule has 2 rings (SSSR count). The molecule has 1 heterocycles. The fourth-order valence-electron chi connectivity index (χ4n) is 1.51. The summed E-state index contributed by atoms with van der Waals surface area (Å²) in [5.41, 5.74) is 7.93. The Hall–Kier alpha value is -1.88. The van der Waals surface area contributed by atoms with Crippen molar-refractivity contribution in [1.29, 1.82) is 5.41 Å². The summed E-state index contributed by atoms with van der Waals surface area (Å²) in [6.45, 7) is 3.91. The highest BCUT2D eigenvalue weighted by Gasteiger charge is 2.06. The quantitative estimate of drug-likeness (QED) is 0.504. The molecular formula is C13H14N4S. The van der Waals surface area contributed by atoms with Crippen LogP contribution in [0.25, 0.3) is 0 Å². The van der Waals surface area contributed by atoms with Crippen molar-refractivity contribution >= 4 is 17.6 Å². The number of nitrogen functional groups attached to an aromatic ring is 1. The molecule has 0 saturated heterocycles. The van der Waals surface area contributed by atoms with Crippen LogP contribution in [0.5, 0.6) is 0 Å². The van der Waals surface area contributed by atoms with E-state index in [2.05, 4.69) is 16.0 Å². The average molecular weight is 258 g/mol. The Morgan fingerprint density at radius 3 is 2.67 bits per heavy atom. The number of aryl methyl sites for hydroxylation is 2. The molecule has 0 saturated carbocycles. The fraction of sp³-hybridized carbons (Fsp3) is 0.154. The Morgan fingerprint density at radius 1 is 1.22 bits per heavy atom. The smallest absolute Gasteiger partial charge is 0.193 e. The van der Waals surface area contributed by atoms with Gasteiger partial charge in [-0.3, -0.25) is 5.41 Å². The molecule has 0 unspecified atom stereocenters. The Bertz CT molecular complexity index is 595. The fourth-order valence-corrected chi connectivity index (χ4v) is 2.45. The van der Waals surface area contributed by atoms with E-state index in [-0.39, 0.29) is 5.84 Å². The molecule has 0 radical (unpaired) electrons. The lowest BCUT2D eigenvalue weighted by Crippen LogP contribution is -2.14. The van der Waals surface area contributed by atoms with Crippen LogP contribution in [-0.4, -0.2) is 15.8 Å². The van der Waals surface area contributed by atoms with Gasteiger partial charge in [-0.1, -0.05) is 17.7 Å². The van der Waals surface area contributed by atoms with Crippen LogP contribution in [0, 0.1) is 19.3 Å². The van der Waals surface area contributed by atoms with E-state index in [0.29, 0.717) is 10.9 Å². The average Bonchev–Trinajstić information content (AvgIpc) is 2.28. The molecule has 18 heavy (non-hydrogen) atoms. The molecule has 1 aromatic carbocycles. The summed E-state index contributed by atoms with van der Waals surface area (Å²) in [7, 11) is 0. The SMILES string of the molecule is Cc1cccc(Sc2nc(C)cc(C(=N)N)n2)c1. The third-order valence-corrected chi connectivity index (χ3v) is 3.16. The molecule has 0 fully saturated rings. The predicted octanol–water partition coefficient (Wildman–Crippen LogP) is 2.53. The van der Waals surface area contributed by atoms with E-state index in [1.165, 1.54) is 17.3 Å². The Morgan fingerprint density at radius 2 is 2.00 bits per heavy atom. The highest BCUT2D eigenvalue weighted by molar-refractivity contribution is 7.99. The van der Waals surface area contributed by atoms with Gasteiger partial charge in [0.2, 0.25) is 0 Å². The largest absolute Gasteiger partial charge is 0.382 e. The van der Waals surface area contributed by atoms with Crippen LogP contribution in [-0.2, 0) is 0 Å². The van der Waals surface area contributed by atoms with E-state index in [0.717, 1.165) is 10.6 Å². The zero-order valence-electron chi connectivity index (χ0n) is 10.3. The number of amidine groups is 1. The molecule has 2 aromatic rings. The first-order valence-corrected chi connectivity index (χ1v) is 6.31. The van der Waals surface area contributed by atoms with Crippen molar-refractivity contribution in [3.63, 3.8) is 0 Å². The predicted molar refractivity (Wildman–Crippen MR) is 73.1 cm³/mol. The molecule has 5 heteroatoms. The van der Waals surface area contributed by atoms with Crippen molar-refractivity contribution in [1.82, 2.24) is 9.97 Å². The summed E-state index contributed by atoms with van der Waals surface area (Å²) >= 11 is 1.47. The van der Waals surface area contributed by atoms with Gasteiger partial charge in [-0.2, -0.15) is 0 Å². The number of nitrogens with one attached hydrogen (secondary N) is 1. The Labute approximate surface area is 110 Å². The van der Waals surface area contributed by atoms with Crippen LogP contribution in [0.3, 0.4) is 0 Å². The molecule has 1 aromatic heterocycles. The van der Waals surface area contributed by atoms with Gasteiger partial charge in [-0.15, -0.1) is 0 Å². The Balaban J connectivity index is 2.31. The first-order valence-electron chi connectivity index (χ1n) is 5.49. The summed E-state index contributed by atoms with van der Waals surface area (Å²) < 4.78 is 0. The monoisotopic (exact) mass is 258 g/mol. The van der Waals surface area contributed by atoms with E-state index in [4.69, 9.17) is 11.1 Å². The first-order chi connectivity index (χ1) is 8.54. The van der Waals surface area contributed by atoms with Gasteiger partial charge in [-0.25, -0.2) is 9.97 Å². The third-order valence-electron chi connectivity index (χ3n) is 2.31. The summed E-state index contributed by atoms with van der Waals surface area (Å²) in [4.78, 5) is 9.68. The van der Waals surface area contributed by atoms with E-state index >= 15 is 0 Å². The standard InChI is InChI=1S/C13H14N4S/c1-8-4-3-5-10(6-8)18-13-16-9(2)7-11(17-13)12(14)15/h3-7H,1-2H3,(H3,14,15). The van der Waals surface area contributed by atoms with Crippen molar-refractivity contribution in [2.75, 3.05) is 0 Å². The maximum atomic E-state index is 7.42. The number of nitrogens with zero attached hydrogens (tertiary/aromatic N) is 2. The summed E-state index contributed by atoms with van der Waals surface area (Å²) in [5.74, 6) is -0.0356. The van der Waals surface area contributed by atoms with E-state index in [1.807, 2.05) is 32.0 Å². The summed E-state index contributed by atoms with van der Waals surface area (Å²) in [6.07, 6.45) is 0. The minimum atomic E-state index is -0.0356. The second-order valence-electron chi connectivity index (χ2n) is 4.01. The Kier molecular flexibility index (Phi) is 3.62. The van der Waals surface area contributed by atoms with Crippen LogP contribution in [0.4, 0.5) is 0 Å². The van der Waals surface area contributed by atoms with Crippen LogP contribution in [0.15, 0.2) is 40.4 Å². The zero-order valence-corrected chi connectivity index (χ0v) is 11.1. The molecule has 0 amide bonds. The summed E-state index contributed by atoms with van der Waals surface area (Å²) in [6, 6.07) is 9.84. The van der Waals surface area contributed by atoms with Crippen LogP contribution in [0.1, 0.15) is 17.0 Å². The third kappa shape index (κ3) is 3.07. The van der Waals surface area contributed by atoms with Crippen molar-refractivity contribution in [3.8, 4) is 0 Å². The molecule has 0 aliphatic heterocycles. The lowest BCUT2D eigenvalue weighted by Gasteiger charge is -2.05. The first kappa shape index (κ1) is 12.6. The zero-order chi connectivity index (χ0) is 13.1. The van der Waals surface area contributed by atoms with Gasteiger partial charge in [0, 0.05) is 10.6 Å². The van der Waals surface area contributed by atoms with Gasteiger partial charge in [0.1, 0.15) is 11.5 Å². The minimum Gasteiger partial charge on any atom is -0.382 e. The van der Waals surface area contributed by atoms with Crippen LogP contribution in [0.2, 0.25) is 0 Å². The maximum Gasteiger partial charge on any atom is 0.193 e. The molecule has 0 aliphatic rings. The molecule has 4 nitrogen and oxygen atoms in total. The molecule has 0 aliphatic carbocycles. The van der Waals surface area contributed by atoms with Crippen LogP contribution < -0.4 is 5.73 Å². The highest BCUT2D eigenvalue weighted by atomic mass is 32.2. The van der Waals surface area contributed by atoms with Gasteiger partial charge in [0.05, 0.1) is 0 Å². The maximum absolute atomic E-state index is 7.42. The van der Waals surface area contributed by atoms with Crippen LogP contribution >= 0.6 is 11.8 Å². The number of rotatable bonds is 3. The highest BCUT2D eigenvalue weighted by Crippen LogP contribution is 2.25. The van der Waals surface area contributed by atoms with Gasteiger partial charge in [0.25, 0.3) is 0 Å². The lowest BCUT2D eigenvalue weighted by molar-refractivity contribution is 0.921. The van der Waals surface area contributed by atoms with E-state index in [1.54, 1.807) is 6.07 Å². The van der Waals surface area contributed by atoms with Gasteiger partial charge in [-0.05, 0) is 43.8 Å². The second-order valence-corrected chi connectivity index (χ2v) is 5.05. The van der Waals surface area contributed by atoms with Gasteiger partial charge >= 0.3 is 0 Å². The van der Waals surface area contributed by atoms with Gasteiger partial charge < -0.3 is 5.73 Å². The van der Waals surface area contributed by atoms with Crippen molar-refractivity contribution in [2.24, 2.45) is 5.73 Å². The number of hydrogen-bond acceptors (Lipinski definition) is 4. The summed E-state index contributed by atoms with van der Waals surface area (Å²) in [5, 5.41) is 8.04. The normalized spacial score (nSPS) is 10.3. The van der Waals surface area contributed by atoms with Gasteiger partial charge in [0.15, 0.2) is 5.16 Å². The number of aromatic nitrogens is 2. The van der Waals surface area contributed by atoms with E-state index in [9.17, 15) is 0 Å². The molecule has 92 valence electrons. The molecule has 0 bridgehead atoms. The second kappa shape index (κ2) is 5.18. The molecule has 0 spiro atoms.